The minimum Gasteiger partial charge on any atom is -0.486 e. The van der Waals surface area contributed by atoms with Crippen LogP contribution in [0.4, 0.5) is 0 Å². The highest BCUT2D eigenvalue weighted by molar-refractivity contribution is 5.45. The third-order valence-corrected chi connectivity index (χ3v) is 3.33. The summed E-state index contributed by atoms with van der Waals surface area (Å²) in [5, 5.41) is 3.50. The number of nitrogens with one attached hydrogen (secondary N) is 1. The van der Waals surface area contributed by atoms with Crippen molar-refractivity contribution in [3.63, 3.8) is 0 Å². The van der Waals surface area contributed by atoms with Crippen LogP contribution in [0.5, 0.6) is 11.5 Å². The lowest BCUT2D eigenvalue weighted by Crippen LogP contribution is -2.49. The Kier molecular flexibility index (Phi) is 2.68. The molecule has 2 aliphatic rings. The summed E-state index contributed by atoms with van der Waals surface area (Å²) >= 11 is 0. The molecule has 1 N–H and O–H groups in total. The molecule has 0 saturated carbocycles. The molecular weight excluding hydrogens is 218 g/mol. The molecule has 2 aliphatic heterocycles. The number of rotatable bonds is 1. The minimum absolute atomic E-state index is 0.131. The maximum Gasteiger partial charge on any atom is 0.161 e. The number of hydrogen-bond acceptors (Lipinski definition) is 4. The van der Waals surface area contributed by atoms with Gasteiger partial charge in [0, 0.05) is 6.54 Å². The largest absolute Gasteiger partial charge is 0.486 e. The summed E-state index contributed by atoms with van der Waals surface area (Å²) in [7, 11) is 0. The van der Waals surface area contributed by atoms with Crippen molar-refractivity contribution in [2.45, 2.75) is 12.5 Å². The third kappa shape index (κ3) is 1.98. The van der Waals surface area contributed by atoms with Gasteiger partial charge in [-0.15, -0.1) is 0 Å². The molecule has 1 fully saturated rings. The SMILES string of the molecule is CC1(c2ccc3c(c2)OCCO3)COCCN1. The fraction of sp³-hybridized carbons (Fsp3) is 0.538. The lowest BCUT2D eigenvalue weighted by molar-refractivity contribution is 0.0336. The van der Waals surface area contributed by atoms with Gasteiger partial charge in [0.2, 0.25) is 0 Å². The Morgan fingerprint density at radius 3 is 2.71 bits per heavy atom. The molecule has 0 radical (unpaired) electrons. The molecule has 0 amide bonds. The van der Waals surface area contributed by atoms with Gasteiger partial charge < -0.3 is 19.5 Å². The molecule has 1 aromatic rings. The number of morpholine rings is 1. The first kappa shape index (κ1) is 10.9. The highest BCUT2D eigenvalue weighted by atomic mass is 16.6. The van der Waals surface area contributed by atoms with Crippen molar-refractivity contribution in [2.24, 2.45) is 0 Å². The second-order valence-electron chi connectivity index (χ2n) is 4.67. The van der Waals surface area contributed by atoms with Crippen LogP contribution in [0.1, 0.15) is 12.5 Å². The summed E-state index contributed by atoms with van der Waals surface area (Å²) in [5.41, 5.74) is 1.05. The zero-order valence-corrected chi connectivity index (χ0v) is 9.99. The van der Waals surface area contributed by atoms with E-state index in [0.717, 1.165) is 24.7 Å². The monoisotopic (exact) mass is 235 g/mol. The van der Waals surface area contributed by atoms with Crippen LogP contribution in [0.15, 0.2) is 18.2 Å². The average Bonchev–Trinajstić information content (AvgIpc) is 2.39. The van der Waals surface area contributed by atoms with E-state index in [0.29, 0.717) is 19.8 Å². The van der Waals surface area contributed by atoms with Gasteiger partial charge in [0.05, 0.1) is 18.8 Å². The van der Waals surface area contributed by atoms with E-state index in [1.807, 2.05) is 6.07 Å². The molecule has 1 aromatic carbocycles. The fourth-order valence-corrected chi connectivity index (χ4v) is 2.30. The van der Waals surface area contributed by atoms with Crippen LogP contribution in [0.25, 0.3) is 0 Å². The molecule has 0 aliphatic carbocycles. The minimum atomic E-state index is -0.131. The average molecular weight is 235 g/mol. The molecular formula is C13H17NO3. The van der Waals surface area contributed by atoms with Gasteiger partial charge in [-0.2, -0.15) is 0 Å². The van der Waals surface area contributed by atoms with Crippen molar-refractivity contribution in [1.82, 2.24) is 5.32 Å². The lowest BCUT2D eigenvalue weighted by atomic mass is 9.91. The summed E-state index contributed by atoms with van der Waals surface area (Å²) in [6.45, 7) is 5.75. The Balaban J connectivity index is 1.92. The zero-order valence-electron chi connectivity index (χ0n) is 9.99. The van der Waals surface area contributed by atoms with Gasteiger partial charge in [-0.05, 0) is 24.6 Å². The molecule has 4 nitrogen and oxygen atoms in total. The maximum atomic E-state index is 5.61. The van der Waals surface area contributed by atoms with E-state index >= 15 is 0 Å². The van der Waals surface area contributed by atoms with E-state index < -0.39 is 0 Å². The van der Waals surface area contributed by atoms with E-state index in [9.17, 15) is 0 Å². The third-order valence-electron chi connectivity index (χ3n) is 3.33. The van der Waals surface area contributed by atoms with Crippen molar-refractivity contribution in [1.29, 1.82) is 0 Å². The number of ether oxygens (including phenoxy) is 3. The van der Waals surface area contributed by atoms with Crippen molar-refractivity contribution in [3.8, 4) is 11.5 Å². The highest BCUT2D eigenvalue weighted by Crippen LogP contribution is 2.34. The van der Waals surface area contributed by atoms with Gasteiger partial charge in [-0.3, -0.25) is 0 Å². The summed E-state index contributed by atoms with van der Waals surface area (Å²) < 4.78 is 16.7. The van der Waals surface area contributed by atoms with E-state index in [-0.39, 0.29) is 5.54 Å². The van der Waals surface area contributed by atoms with Crippen LogP contribution in [0, 0.1) is 0 Å². The number of hydrogen-bond donors (Lipinski definition) is 1. The second kappa shape index (κ2) is 4.20. The lowest BCUT2D eigenvalue weighted by Gasteiger charge is -2.35. The van der Waals surface area contributed by atoms with Crippen LogP contribution >= 0.6 is 0 Å². The second-order valence-corrected chi connectivity index (χ2v) is 4.67. The predicted octanol–water partition coefficient (Wildman–Crippen LogP) is 1.29. The zero-order chi connectivity index (χ0) is 11.7. The Hall–Kier alpha value is -1.26. The number of benzene rings is 1. The Morgan fingerprint density at radius 2 is 1.94 bits per heavy atom. The van der Waals surface area contributed by atoms with Gasteiger partial charge in [-0.25, -0.2) is 0 Å². The molecule has 2 heterocycles. The van der Waals surface area contributed by atoms with Crippen molar-refractivity contribution in [3.05, 3.63) is 23.8 Å². The molecule has 0 bridgehead atoms. The normalized spacial score (nSPS) is 27.8. The summed E-state index contributed by atoms with van der Waals surface area (Å²) in [4.78, 5) is 0. The predicted molar refractivity (Wildman–Crippen MR) is 63.6 cm³/mol. The van der Waals surface area contributed by atoms with Crippen LogP contribution in [0.3, 0.4) is 0 Å². The first-order valence-electron chi connectivity index (χ1n) is 6.01. The summed E-state index contributed by atoms with van der Waals surface area (Å²) in [6.07, 6.45) is 0. The first-order chi connectivity index (χ1) is 8.28. The molecule has 17 heavy (non-hydrogen) atoms. The van der Waals surface area contributed by atoms with Crippen LogP contribution in [0.2, 0.25) is 0 Å². The maximum absolute atomic E-state index is 5.61. The molecule has 0 aromatic heterocycles. The quantitative estimate of drug-likeness (QED) is 0.796. The van der Waals surface area contributed by atoms with E-state index in [1.54, 1.807) is 0 Å². The number of fused-ring (bicyclic) bond motifs is 1. The standard InChI is InChI=1S/C13H17NO3/c1-13(9-15-5-4-14-13)10-2-3-11-12(8-10)17-7-6-16-11/h2-3,8,14H,4-7,9H2,1H3. The van der Waals surface area contributed by atoms with E-state index in [1.165, 1.54) is 5.56 Å². The van der Waals surface area contributed by atoms with Gasteiger partial charge >= 0.3 is 0 Å². The van der Waals surface area contributed by atoms with Crippen LogP contribution < -0.4 is 14.8 Å². The van der Waals surface area contributed by atoms with Crippen molar-refractivity contribution in [2.75, 3.05) is 33.0 Å². The van der Waals surface area contributed by atoms with Crippen molar-refractivity contribution < 1.29 is 14.2 Å². The van der Waals surface area contributed by atoms with E-state index in [4.69, 9.17) is 14.2 Å². The Labute approximate surface area is 101 Å². The molecule has 1 atom stereocenters. The molecule has 3 rings (SSSR count). The molecule has 92 valence electrons. The smallest absolute Gasteiger partial charge is 0.161 e. The van der Waals surface area contributed by atoms with Gasteiger partial charge in [0.1, 0.15) is 13.2 Å². The summed E-state index contributed by atoms with van der Waals surface area (Å²) in [5.74, 6) is 1.67. The molecule has 1 saturated heterocycles. The van der Waals surface area contributed by atoms with Crippen LogP contribution in [-0.4, -0.2) is 33.0 Å². The summed E-state index contributed by atoms with van der Waals surface area (Å²) in [6, 6.07) is 6.11. The molecule has 4 heteroatoms. The fourth-order valence-electron chi connectivity index (χ4n) is 2.30. The van der Waals surface area contributed by atoms with Crippen LogP contribution in [-0.2, 0) is 10.3 Å². The van der Waals surface area contributed by atoms with Crippen molar-refractivity contribution >= 4 is 0 Å². The van der Waals surface area contributed by atoms with Gasteiger partial charge in [-0.1, -0.05) is 6.07 Å². The molecule has 1 unspecified atom stereocenters. The topological polar surface area (TPSA) is 39.7 Å². The molecule has 0 spiro atoms. The Morgan fingerprint density at radius 1 is 1.12 bits per heavy atom. The van der Waals surface area contributed by atoms with Gasteiger partial charge in [0.15, 0.2) is 11.5 Å². The Bertz CT molecular complexity index is 413. The van der Waals surface area contributed by atoms with Gasteiger partial charge in [0.25, 0.3) is 0 Å². The van der Waals surface area contributed by atoms with E-state index in [2.05, 4.69) is 24.4 Å². The highest BCUT2D eigenvalue weighted by Gasteiger charge is 2.30. The first-order valence-corrected chi connectivity index (χ1v) is 6.01.